The van der Waals surface area contributed by atoms with Crippen LogP contribution in [-0.2, 0) is 109 Å². The topological polar surface area (TPSA) is 541 Å². The third-order valence-corrected chi connectivity index (χ3v) is 15.6. The van der Waals surface area contributed by atoms with Gasteiger partial charge in [-0.25, -0.2) is 0 Å². The van der Waals surface area contributed by atoms with E-state index in [2.05, 4.69) is 37.2 Å². The van der Waals surface area contributed by atoms with Crippen LogP contribution in [0.2, 0.25) is 0 Å². The summed E-state index contributed by atoms with van der Waals surface area (Å²) in [6.07, 6.45) is -13.6. The van der Waals surface area contributed by atoms with Crippen LogP contribution in [0.5, 0.6) is 0 Å². The first-order valence-corrected chi connectivity index (χ1v) is 34.3. The first-order valence-electron chi connectivity index (χ1n) is 34.3. The van der Waals surface area contributed by atoms with Crippen LogP contribution in [0.3, 0.4) is 0 Å². The van der Waals surface area contributed by atoms with Gasteiger partial charge in [0, 0.05) is 39.8 Å². The molecule has 3 heterocycles. The number of ketones is 1. The van der Waals surface area contributed by atoms with Gasteiger partial charge in [-0.05, 0) is 38.5 Å². The van der Waals surface area contributed by atoms with E-state index in [-0.39, 0.29) is 170 Å². The van der Waals surface area contributed by atoms with Crippen molar-refractivity contribution in [3.63, 3.8) is 0 Å². The van der Waals surface area contributed by atoms with E-state index in [0.717, 1.165) is 0 Å². The van der Waals surface area contributed by atoms with E-state index in [1.807, 2.05) is 0 Å². The molecule has 0 bridgehead atoms. The summed E-state index contributed by atoms with van der Waals surface area (Å²) >= 11 is 0. The maximum atomic E-state index is 14.0. The second-order valence-corrected chi connectivity index (χ2v) is 24.2. The van der Waals surface area contributed by atoms with E-state index >= 15 is 0 Å². The second kappa shape index (κ2) is 53.7. The molecule has 3 fully saturated rings. The number of aliphatic hydroxyl groups is 9. The molecule has 592 valence electrons. The summed E-state index contributed by atoms with van der Waals surface area (Å²) in [4.78, 5) is 101. The number of carbonyl (C=O) groups is 8. The molecule has 3 rings (SSSR count). The maximum absolute atomic E-state index is 14.0. The van der Waals surface area contributed by atoms with Gasteiger partial charge in [0.15, 0.2) is 24.7 Å². The molecular formula is C63H113N7O32. The van der Waals surface area contributed by atoms with Crippen LogP contribution in [-0.4, -0.2) is 369 Å². The zero-order valence-electron chi connectivity index (χ0n) is 58.9. The molecule has 3 saturated heterocycles. The summed E-state index contributed by atoms with van der Waals surface area (Å²) in [5, 5.41) is 109. The van der Waals surface area contributed by atoms with Crippen LogP contribution in [0.4, 0.5) is 0 Å². The number of hydrogen-bond donors (Lipinski definition) is 16. The molecule has 39 heteroatoms. The molecule has 3 aliphatic heterocycles. The Morgan fingerprint density at radius 2 is 0.647 bits per heavy atom. The Hall–Kier alpha value is -5.00. The summed E-state index contributed by atoms with van der Waals surface area (Å²) in [7, 11) is 0. The minimum absolute atomic E-state index is 0.00566. The van der Waals surface area contributed by atoms with E-state index in [1.54, 1.807) is 13.8 Å². The molecule has 0 spiro atoms. The SMILES string of the molecule is CC(=O)N[C@H]1[C@H](OCCOCCOCCOCC(=O)NCCCC[C@H](NC(=O)COCCOCCOCCO[C@@H]2O[C@H](CO)[C@H](O)[C@H](O)[C@H]2NC(C)=O)C(=O)N[C@@H](CCCCNC(=O)COCCOCCOCCO[C@@H]2O[C@H](CO)[C@H](O)[C@H](O)[C@H]2NC(C)=O)C(=O)C(C)C)O[C@H](CO)[C@H](O)[C@@H]1O. The van der Waals surface area contributed by atoms with Crippen LogP contribution in [0.1, 0.15) is 73.1 Å². The zero-order valence-corrected chi connectivity index (χ0v) is 58.9. The van der Waals surface area contributed by atoms with Gasteiger partial charge in [0.05, 0.1) is 145 Å². The first kappa shape index (κ1) is 91.2. The van der Waals surface area contributed by atoms with E-state index < -0.39 is 172 Å². The molecule has 0 radical (unpaired) electrons. The lowest BCUT2D eigenvalue weighted by Crippen LogP contribution is -2.64. The molecule has 39 nitrogen and oxygen atoms in total. The van der Waals surface area contributed by atoms with Crippen LogP contribution in [0, 0.1) is 5.92 Å². The molecule has 0 aromatic carbocycles. The van der Waals surface area contributed by atoms with Crippen molar-refractivity contribution in [1.29, 1.82) is 0 Å². The smallest absolute Gasteiger partial charge is 0.246 e. The van der Waals surface area contributed by atoms with Gasteiger partial charge in [0.2, 0.25) is 41.4 Å². The lowest BCUT2D eigenvalue weighted by Gasteiger charge is -2.42. The van der Waals surface area contributed by atoms with Gasteiger partial charge in [-0.1, -0.05) is 13.8 Å². The van der Waals surface area contributed by atoms with Crippen LogP contribution >= 0.6 is 0 Å². The molecular weight excluding hydrogens is 1370 g/mol. The molecule has 7 amide bonds. The Morgan fingerprint density at radius 1 is 0.363 bits per heavy atom. The number of hydrogen-bond acceptors (Lipinski definition) is 32. The average molecular weight is 1480 g/mol. The Kier molecular flexibility index (Phi) is 48.0. The quantitative estimate of drug-likeness (QED) is 0.0252. The first-order chi connectivity index (χ1) is 48.9. The third-order valence-electron chi connectivity index (χ3n) is 15.6. The zero-order chi connectivity index (χ0) is 75.2. The van der Waals surface area contributed by atoms with Gasteiger partial charge >= 0.3 is 0 Å². The van der Waals surface area contributed by atoms with Crippen molar-refractivity contribution in [1.82, 2.24) is 37.2 Å². The van der Waals surface area contributed by atoms with Crippen LogP contribution in [0.25, 0.3) is 0 Å². The fourth-order valence-corrected chi connectivity index (χ4v) is 10.3. The molecule has 16 N–H and O–H groups in total. The Balaban J connectivity index is 1.38. The summed E-state index contributed by atoms with van der Waals surface area (Å²) in [6, 6.07) is -5.31. The molecule has 102 heavy (non-hydrogen) atoms. The standard InChI is InChI=1S/C63H113N7O32/c1-38(2)53(80)42(10-6-8-12-64-47(77)35-94-23-20-88-14-17-91-26-29-97-61-50(66-39(3)74)57(84)54(81)44(32-71)100-61)70-60(87)43(69-49(79)37-96-25-22-90-16-19-93-28-31-99-63-52(68-41(5)76)59(86)56(83)46(34-73)102-63)11-7-9-13-65-48(78)36-95-24-21-89-15-18-92-27-30-98-62-51(67-40(4)75)58(85)55(82)45(33-72)101-62/h38,42-46,50-52,54-59,61-63,71-73,81-86H,6-37H2,1-5H3,(H,64,77)(H,65,78)(H,66,74)(H,67,75)(H,68,76)(H,69,79)(H,70,87)/t42-,43-,44+,45+,46+,50+,51+,52+,54-,55-,56-,57+,58+,59+,61+,62+,63+/m0/s1. The fourth-order valence-electron chi connectivity index (χ4n) is 10.3. The number of ether oxygens (including phenoxy) is 15. The average Bonchev–Trinajstić information content (AvgIpc) is 0.823. The summed E-state index contributed by atoms with van der Waals surface area (Å²) in [5.41, 5.74) is 0. The number of unbranched alkanes of at least 4 members (excludes halogenated alkanes) is 2. The summed E-state index contributed by atoms with van der Waals surface area (Å²) in [5.74, 6) is -4.23. The van der Waals surface area contributed by atoms with Crippen molar-refractivity contribution in [2.45, 2.75) is 177 Å². The normalized spacial score (nSPS) is 25.6. The molecule has 0 aliphatic carbocycles. The molecule has 3 aliphatic rings. The summed E-state index contributed by atoms with van der Waals surface area (Å²) in [6.45, 7) is 6.49. The Bertz CT molecular complexity index is 2360. The Morgan fingerprint density at radius 3 is 0.941 bits per heavy atom. The van der Waals surface area contributed by atoms with Gasteiger partial charge in [0.25, 0.3) is 0 Å². The highest BCUT2D eigenvalue weighted by Crippen LogP contribution is 2.25. The van der Waals surface area contributed by atoms with E-state index in [1.165, 1.54) is 20.8 Å². The minimum Gasteiger partial charge on any atom is -0.394 e. The third kappa shape index (κ3) is 36.8. The molecule has 0 aromatic heterocycles. The fraction of sp³-hybridized carbons (Fsp3) is 0.873. The van der Waals surface area contributed by atoms with Crippen LogP contribution in [0.15, 0.2) is 0 Å². The van der Waals surface area contributed by atoms with Crippen LogP contribution < -0.4 is 37.2 Å². The summed E-state index contributed by atoms with van der Waals surface area (Å²) < 4.78 is 82.6. The van der Waals surface area contributed by atoms with E-state index in [9.17, 15) is 84.3 Å². The van der Waals surface area contributed by atoms with Gasteiger partial charge < -0.3 is 154 Å². The monoisotopic (exact) mass is 1480 g/mol. The molecule has 0 saturated carbocycles. The predicted octanol–water partition coefficient (Wildman–Crippen LogP) is -8.22. The van der Waals surface area contributed by atoms with Gasteiger partial charge in [-0.2, -0.15) is 0 Å². The number of rotatable bonds is 57. The van der Waals surface area contributed by atoms with Gasteiger partial charge in [0.1, 0.15) is 98.9 Å². The van der Waals surface area contributed by atoms with Crippen molar-refractivity contribution in [2.75, 3.05) is 172 Å². The van der Waals surface area contributed by atoms with Gasteiger partial charge in [-0.15, -0.1) is 0 Å². The number of Topliss-reactive ketones (excluding diaryl/α,β-unsaturated/α-hetero) is 1. The number of aliphatic hydroxyl groups excluding tert-OH is 9. The van der Waals surface area contributed by atoms with Crippen molar-refractivity contribution in [3.8, 4) is 0 Å². The number of nitrogens with one attached hydrogen (secondary N) is 7. The highest BCUT2D eigenvalue weighted by molar-refractivity contribution is 5.93. The number of carbonyl (C=O) groups excluding carboxylic acids is 8. The Labute approximate surface area is 592 Å². The van der Waals surface area contributed by atoms with Crippen molar-refractivity contribution in [3.05, 3.63) is 0 Å². The highest BCUT2D eigenvalue weighted by atomic mass is 16.7. The minimum atomic E-state index is -1.46. The number of amides is 7. The largest absolute Gasteiger partial charge is 0.394 e. The van der Waals surface area contributed by atoms with Crippen molar-refractivity contribution in [2.24, 2.45) is 5.92 Å². The van der Waals surface area contributed by atoms with Gasteiger partial charge in [-0.3, -0.25) is 38.4 Å². The van der Waals surface area contributed by atoms with E-state index in [0.29, 0.717) is 25.7 Å². The second-order valence-electron chi connectivity index (χ2n) is 24.2. The van der Waals surface area contributed by atoms with Crippen molar-refractivity contribution < 1.29 is 155 Å². The molecule has 0 unspecified atom stereocenters. The highest BCUT2D eigenvalue weighted by Gasteiger charge is 2.48. The molecule has 0 aromatic rings. The lowest BCUT2D eigenvalue weighted by molar-refractivity contribution is -0.272. The lowest BCUT2D eigenvalue weighted by atomic mass is 9.96. The molecule has 17 atom stereocenters. The van der Waals surface area contributed by atoms with Crippen molar-refractivity contribution >= 4 is 47.1 Å². The van der Waals surface area contributed by atoms with E-state index in [4.69, 9.17) is 71.1 Å². The maximum Gasteiger partial charge on any atom is 0.246 e. The predicted molar refractivity (Wildman–Crippen MR) is 349 cm³/mol.